The van der Waals surface area contributed by atoms with E-state index in [4.69, 9.17) is 0 Å². The zero-order chi connectivity index (χ0) is 17.8. The number of phenols is 1. The van der Waals surface area contributed by atoms with Crippen molar-refractivity contribution in [1.29, 1.82) is 5.26 Å². The topological polar surface area (TPSA) is 100 Å². The summed E-state index contributed by atoms with van der Waals surface area (Å²) in [6, 6.07) is 15.6. The number of phenolic OH excluding ortho intramolecular Hbond substituents is 1. The molecule has 0 fully saturated rings. The van der Waals surface area contributed by atoms with Crippen LogP contribution in [0.15, 0.2) is 53.9 Å². The van der Waals surface area contributed by atoms with Gasteiger partial charge in [0.25, 0.3) is 0 Å². The molecule has 0 radical (unpaired) electrons. The minimum absolute atomic E-state index is 0.298. The summed E-state index contributed by atoms with van der Waals surface area (Å²) in [5, 5.41) is 32.2. The van der Waals surface area contributed by atoms with E-state index in [0.29, 0.717) is 16.1 Å². The third-order valence-corrected chi connectivity index (χ3v) is 4.31. The van der Waals surface area contributed by atoms with Crippen LogP contribution in [-0.4, -0.2) is 15.0 Å². The maximum atomic E-state index is 10.9. The number of aromatic hydroxyl groups is 1. The molecule has 122 valence electrons. The molecule has 25 heavy (non-hydrogen) atoms. The van der Waals surface area contributed by atoms with Crippen LogP contribution in [-0.2, 0) is 0 Å². The van der Waals surface area contributed by atoms with E-state index in [-0.39, 0.29) is 0 Å². The monoisotopic (exact) mass is 349 g/mol. The summed E-state index contributed by atoms with van der Waals surface area (Å²) in [5.41, 5.74) is 2.04. The zero-order valence-electron chi connectivity index (χ0n) is 12.8. The van der Waals surface area contributed by atoms with Crippen LogP contribution in [0.2, 0.25) is 0 Å². The van der Waals surface area contributed by atoms with E-state index in [9.17, 15) is 20.5 Å². The van der Waals surface area contributed by atoms with Gasteiger partial charge in [0.2, 0.25) is 0 Å². The van der Waals surface area contributed by atoms with Gasteiger partial charge in [-0.3, -0.25) is 10.1 Å². The third kappa shape index (κ3) is 3.54. The number of nitro benzene ring substituents is 1. The highest BCUT2D eigenvalue weighted by Gasteiger charge is 2.14. The molecule has 0 aliphatic heterocycles. The van der Waals surface area contributed by atoms with E-state index >= 15 is 0 Å². The predicted octanol–water partition coefficient (Wildman–Crippen LogP) is 4.49. The maximum absolute atomic E-state index is 10.9. The molecule has 0 atom stereocenters. The normalized spacial score (nSPS) is 11.1. The fourth-order valence-electron chi connectivity index (χ4n) is 2.22. The number of nitriles is 1. The standard InChI is InChI=1S/C18H11N3O3S/c19-10-14(8-12-6-7-17(22)16(9-12)21(23)24)18-20-15(11-25-18)13-4-2-1-3-5-13/h1-9,11,22H/b14-8+. The van der Waals surface area contributed by atoms with E-state index in [1.807, 2.05) is 35.7 Å². The molecule has 0 spiro atoms. The van der Waals surface area contributed by atoms with E-state index in [2.05, 4.69) is 11.1 Å². The second kappa shape index (κ2) is 6.95. The van der Waals surface area contributed by atoms with Crippen LogP contribution >= 0.6 is 11.3 Å². The SMILES string of the molecule is N#C/C(=C\c1ccc(O)c([N+](=O)[O-])c1)c1nc(-c2ccccc2)cs1. The van der Waals surface area contributed by atoms with Gasteiger partial charge in [-0.15, -0.1) is 11.3 Å². The van der Waals surface area contributed by atoms with Crippen molar-refractivity contribution in [3.05, 3.63) is 74.6 Å². The lowest BCUT2D eigenvalue weighted by atomic mass is 10.1. The van der Waals surface area contributed by atoms with Crippen molar-refractivity contribution in [2.24, 2.45) is 0 Å². The fraction of sp³-hybridized carbons (Fsp3) is 0. The lowest BCUT2D eigenvalue weighted by Gasteiger charge is -1.99. The second-order valence-electron chi connectivity index (χ2n) is 5.08. The number of benzene rings is 2. The van der Waals surface area contributed by atoms with Crippen molar-refractivity contribution < 1.29 is 10.0 Å². The largest absolute Gasteiger partial charge is 0.502 e. The van der Waals surface area contributed by atoms with Crippen LogP contribution in [0.25, 0.3) is 22.9 Å². The number of aromatic nitrogens is 1. The molecule has 0 unspecified atom stereocenters. The van der Waals surface area contributed by atoms with E-state index < -0.39 is 16.4 Å². The summed E-state index contributed by atoms with van der Waals surface area (Å²) in [7, 11) is 0. The zero-order valence-corrected chi connectivity index (χ0v) is 13.6. The Bertz CT molecular complexity index is 1000. The lowest BCUT2D eigenvalue weighted by Crippen LogP contribution is -1.89. The van der Waals surface area contributed by atoms with Crippen LogP contribution < -0.4 is 0 Å². The Kier molecular flexibility index (Phi) is 4.55. The second-order valence-corrected chi connectivity index (χ2v) is 5.94. The Labute approximate surface area is 147 Å². The van der Waals surface area contributed by atoms with E-state index in [1.165, 1.54) is 35.6 Å². The van der Waals surface area contributed by atoms with Crippen molar-refractivity contribution in [2.75, 3.05) is 0 Å². The molecule has 0 aliphatic carbocycles. The molecular formula is C18H11N3O3S. The Morgan fingerprint density at radius 3 is 2.72 bits per heavy atom. The van der Waals surface area contributed by atoms with Gasteiger partial charge in [0, 0.05) is 17.0 Å². The Morgan fingerprint density at radius 2 is 2.04 bits per heavy atom. The smallest absolute Gasteiger partial charge is 0.311 e. The van der Waals surface area contributed by atoms with Gasteiger partial charge in [0.05, 0.1) is 16.2 Å². The van der Waals surface area contributed by atoms with Crippen molar-refractivity contribution in [1.82, 2.24) is 4.98 Å². The van der Waals surface area contributed by atoms with Crippen molar-refractivity contribution in [3.63, 3.8) is 0 Å². The number of hydrogen-bond donors (Lipinski definition) is 1. The molecule has 1 aromatic heterocycles. The minimum Gasteiger partial charge on any atom is -0.502 e. The highest BCUT2D eigenvalue weighted by atomic mass is 32.1. The first kappa shape index (κ1) is 16.4. The van der Waals surface area contributed by atoms with Crippen molar-refractivity contribution >= 4 is 28.7 Å². The highest BCUT2D eigenvalue weighted by Crippen LogP contribution is 2.30. The van der Waals surface area contributed by atoms with Crippen LogP contribution in [0.5, 0.6) is 5.75 Å². The minimum atomic E-state index is -0.671. The van der Waals surface area contributed by atoms with Crippen LogP contribution in [0.3, 0.4) is 0 Å². The summed E-state index contributed by atoms with van der Waals surface area (Å²) in [6.45, 7) is 0. The van der Waals surface area contributed by atoms with Crippen molar-refractivity contribution in [3.8, 4) is 23.1 Å². The molecular weight excluding hydrogens is 338 g/mol. The van der Waals surface area contributed by atoms with Gasteiger partial charge in [0.15, 0.2) is 5.75 Å². The van der Waals surface area contributed by atoms with Crippen LogP contribution in [0, 0.1) is 21.4 Å². The average Bonchev–Trinajstić information content (AvgIpc) is 3.11. The summed E-state index contributed by atoms with van der Waals surface area (Å²) in [6.07, 6.45) is 1.51. The molecule has 0 bridgehead atoms. The molecule has 0 saturated heterocycles. The molecule has 2 aromatic carbocycles. The molecule has 0 amide bonds. The third-order valence-electron chi connectivity index (χ3n) is 3.43. The van der Waals surface area contributed by atoms with E-state index in [0.717, 1.165) is 11.3 Å². The quantitative estimate of drug-likeness (QED) is 0.425. The van der Waals surface area contributed by atoms with E-state index in [1.54, 1.807) is 0 Å². The molecule has 3 rings (SSSR count). The average molecular weight is 349 g/mol. The molecule has 0 aliphatic rings. The maximum Gasteiger partial charge on any atom is 0.311 e. The van der Waals surface area contributed by atoms with Gasteiger partial charge < -0.3 is 5.11 Å². The summed E-state index contributed by atoms with van der Waals surface area (Å²) >= 11 is 1.32. The molecule has 7 heteroatoms. The van der Waals surface area contributed by atoms with Gasteiger partial charge in [-0.25, -0.2) is 4.98 Å². The predicted molar refractivity (Wildman–Crippen MR) is 95.8 cm³/mol. The van der Waals surface area contributed by atoms with Crippen LogP contribution in [0.4, 0.5) is 5.69 Å². The molecule has 3 aromatic rings. The Morgan fingerprint density at radius 1 is 1.28 bits per heavy atom. The van der Waals surface area contributed by atoms with Crippen molar-refractivity contribution in [2.45, 2.75) is 0 Å². The summed E-state index contributed by atoms with van der Waals surface area (Å²) in [5.74, 6) is -0.415. The Hall–Kier alpha value is -3.50. The number of nitro groups is 1. The molecule has 6 nitrogen and oxygen atoms in total. The Balaban J connectivity index is 1.97. The fourth-order valence-corrected chi connectivity index (χ4v) is 3.02. The summed E-state index contributed by atoms with van der Waals surface area (Å²) < 4.78 is 0. The highest BCUT2D eigenvalue weighted by molar-refractivity contribution is 7.11. The lowest BCUT2D eigenvalue weighted by molar-refractivity contribution is -0.385. The number of nitrogens with zero attached hydrogens (tertiary/aromatic N) is 3. The number of rotatable bonds is 4. The van der Waals surface area contributed by atoms with Gasteiger partial charge in [-0.1, -0.05) is 36.4 Å². The first-order chi connectivity index (χ1) is 12.1. The van der Waals surface area contributed by atoms with Gasteiger partial charge in [-0.05, 0) is 17.7 Å². The molecule has 0 saturated carbocycles. The van der Waals surface area contributed by atoms with Crippen LogP contribution in [0.1, 0.15) is 10.6 Å². The first-order valence-electron chi connectivity index (χ1n) is 7.19. The number of allylic oxidation sites excluding steroid dienone is 1. The first-order valence-corrected chi connectivity index (χ1v) is 8.07. The molecule has 1 N–H and O–H groups in total. The van der Waals surface area contributed by atoms with Gasteiger partial charge in [-0.2, -0.15) is 5.26 Å². The summed E-state index contributed by atoms with van der Waals surface area (Å²) in [4.78, 5) is 14.7. The number of hydrogen-bond acceptors (Lipinski definition) is 6. The van der Waals surface area contributed by atoms with Gasteiger partial charge in [0.1, 0.15) is 11.1 Å². The molecule has 1 heterocycles. The number of thiazole rings is 1. The van der Waals surface area contributed by atoms with Gasteiger partial charge >= 0.3 is 5.69 Å².